The van der Waals surface area contributed by atoms with Crippen molar-refractivity contribution in [1.29, 1.82) is 0 Å². The molecule has 1 saturated heterocycles. The number of hydrogen-bond acceptors (Lipinski definition) is 6. The van der Waals surface area contributed by atoms with E-state index >= 15 is 0 Å². The Bertz CT molecular complexity index is 1500. The van der Waals surface area contributed by atoms with Gasteiger partial charge in [0, 0.05) is 12.3 Å². The summed E-state index contributed by atoms with van der Waals surface area (Å²) >= 11 is 0. The van der Waals surface area contributed by atoms with Gasteiger partial charge in [-0.2, -0.15) is 8.42 Å². The molecule has 1 aliphatic carbocycles. The van der Waals surface area contributed by atoms with Crippen LogP contribution in [0.4, 0.5) is 40.8 Å². The van der Waals surface area contributed by atoms with E-state index in [9.17, 15) is 31.2 Å². The van der Waals surface area contributed by atoms with Crippen molar-refractivity contribution in [3.63, 3.8) is 0 Å². The number of anilines is 4. The Kier molecular flexibility index (Phi) is 5.93. The fourth-order valence-electron chi connectivity index (χ4n) is 4.47. The first-order chi connectivity index (χ1) is 17.9. The number of nitrogens with zero attached hydrogens (tertiary/aromatic N) is 3. The lowest BCUT2D eigenvalue weighted by Gasteiger charge is -2.22. The number of urea groups is 1. The summed E-state index contributed by atoms with van der Waals surface area (Å²) in [6.45, 7) is 1.79. The number of para-hydroxylation sites is 1. The monoisotopic (exact) mass is 547 g/mol. The number of aromatic nitrogens is 1. The summed E-state index contributed by atoms with van der Waals surface area (Å²) in [4.78, 5) is 33.1. The minimum Gasteiger partial charge on any atom is -0.406 e. The van der Waals surface area contributed by atoms with Crippen molar-refractivity contribution in [1.82, 2.24) is 4.98 Å². The molecule has 1 saturated carbocycles. The predicted molar refractivity (Wildman–Crippen MR) is 132 cm³/mol. The Morgan fingerprint density at radius 1 is 1.00 bits per heavy atom. The molecule has 1 spiro atoms. The molecule has 2 fully saturated rings. The van der Waals surface area contributed by atoms with Crippen LogP contribution in [0.1, 0.15) is 13.3 Å². The van der Waals surface area contributed by atoms with Crippen molar-refractivity contribution in [2.45, 2.75) is 25.2 Å². The van der Waals surface area contributed by atoms with E-state index in [0.29, 0.717) is 12.1 Å². The predicted octanol–water partition coefficient (Wildman–Crippen LogP) is 4.50. The molecule has 2 heterocycles. The lowest BCUT2D eigenvalue weighted by molar-refractivity contribution is -0.274. The Morgan fingerprint density at radius 2 is 1.66 bits per heavy atom. The second kappa shape index (κ2) is 8.90. The first-order valence-corrected chi connectivity index (χ1v) is 12.7. The highest BCUT2D eigenvalue weighted by molar-refractivity contribution is 7.94. The normalized spacial score (nSPS) is 21.1. The fraction of sp³-hybridized carbons (Fsp3) is 0.208. The SMILES string of the molecule is CC1CC12C(=O)N(c1ccc(OC(F)(F)F)cc1)C(=O)N2c1ccnc(NS(=O)(=O)Nc2ccccc2)c1. The minimum absolute atomic E-state index is 0.0672. The number of benzene rings is 2. The maximum Gasteiger partial charge on any atom is 0.573 e. The Labute approximate surface area is 215 Å². The zero-order valence-electron chi connectivity index (χ0n) is 19.6. The van der Waals surface area contributed by atoms with Crippen molar-refractivity contribution < 1.29 is 35.9 Å². The highest BCUT2D eigenvalue weighted by atomic mass is 32.2. The van der Waals surface area contributed by atoms with E-state index in [1.54, 1.807) is 37.3 Å². The van der Waals surface area contributed by atoms with Crippen LogP contribution in [0.15, 0.2) is 72.9 Å². The van der Waals surface area contributed by atoms with Gasteiger partial charge < -0.3 is 4.74 Å². The summed E-state index contributed by atoms with van der Waals surface area (Å²) in [6.07, 6.45) is -3.25. The molecule has 198 valence electrons. The molecular weight excluding hydrogens is 527 g/mol. The number of rotatable bonds is 7. The van der Waals surface area contributed by atoms with Crippen molar-refractivity contribution >= 4 is 45.0 Å². The highest BCUT2D eigenvalue weighted by Crippen LogP contribution is 2.55. The molecule has 14 heteroatoms. The van der Waals surface area contributed by atoms with Crippen LogP contribution in [0.5, 0.6) is 5.75 Å². The molecule has 3 aromatic rings. The minimum atomic E-state index is -4.89. The van der Waals surface area contributed by atoms with Gasteiger partial charge in [0.2, 0.25) is 0 Å². The molecule has 0 bridgehead atoms. The molecular formula is C24H20F3N5O5S. The van der Waals surface area contributed by atoms with Gasteiger partial charge in [-0.1, -0.05) is 25.1 Å². The number of nitrogens with one attached hydrogen (secondary N) is 2. The molecule has 2 atom stereocenters. The van der Waals surface area contributed by atoms with E-state index < -0.39 is 39.8 Å². The zero-order chi connectivity index (χ0) is 27.3. The standard InChI is InChI=1S/C24H20F3N5O5S/c1-15-14-23(15)21(33)31(17-7-9-19(10-8-17)37-24(25,26)27)22(34)32(23)18-11-12-28-20(13-18)30-38(35,36)29-16-5-3-2-4-6-16/h2-13,15,29H,14H2,1H3,(H,28,30). The van der Waals surface area contributed by atoms with Crippen molar-refractivity contribution in [2.24, 2.45) is 5.92 Å². The number of ether oxygens (including phenoxy) is 1. The number of hydrogen-bond donors (Lipinski definition) is 2. The third-order valence-electron chi connectivity index (χ3n) is 6.22. The smallest absolute Gasteiger partial charge is 0.406 e. The topological polar surface area (TPSA) is 121 Å². The van der Waals surface area contributed by atoms with E-state index in [0.717, 1.165) is 17.0 Å². The van der Waals surface area contributed by atoms with Crippen LogP contribution in [-0.2, 0) is 15.0 Å². The molecule has 3 amide bonds. The Morgan fingerprint density at radius 3 is 2.26 bits per heavy atom. The maximum absolute atomic E-state index is 13.5. The van der Waals surface area contributed by atoms with E-state index in [1.807, 2.05) is 0 Å². The van der Waals surface area contributed by atoms with E-state index in [4.69, 9.17) is 0 Å². The molecule has 2 aromatic carbocycles. The second-order valence-electron chi connectivity index (χ2n) is 8.80. The molecule has 1 aliphatic heterocycles. The van der Waals surface area contributed by atoms with Gasteiger partial charge in [0.1, 0.15) is 17.1 Å². The van der Waals surface area contributed by atoms with Gasteiger partial charge in [-0.3, -0.25) is 19.1 Å². The van der Waals surface area contributed by atoms with Crippen LogP contribution in [0, 0.1) is 5.92 Å². The van der Waals surface area contributed by atoms with Crippen LogP contribution in [0.25, 0.3) is 0 Å². The molecule has 1 aromatic heterocycles. The maximum atomic E-state index is 13.5. The van der Waals surface area contributed by atoms with Crippen LogP contribution < -0.4 is 24.0 Å². The van der Waals surface area contributed by atoms with Gasteiger partial charge in [-0.05, 0) is 54.8 Å². The lowest BCUT2D eigenvalue weighted by Crippen LogP contribution is -2.39. The van der Waals surface area contributed by atoms with Crippen molar-refractivity contribution in [2.75, 3.05) is 19.2 Å². The van der Waals surface area contributed by atoms with Crippen molar-refractivity contribution in [3.05, 3.63) is 72.9 Å². The average molecular weight is 548 g/mol. The molecule has 38 heavy (non-hydrogen) atoms. The number of amides is 3. The van der Waals surface area contributed by atoms with Gasteiger partial charge in [0.15, 0.2) is 0 Å². The first kappa shape index (κ1) is 25.3. The fourth-order valence-corrected chi connectivity index (χ4v) is 5.35. The lowest BCUT2D eigenvalue weighted by atomic mass is 10.1. The number of carbonyl (C=O) groups is 2. The van der Waals surface area contributed by atoms with Gasteiger partial charge in [-0.15, -0.1) is 13.2 Å². The summed E-state index contributed by atoms with van der Waals surface area (Å²) < 4.78 is 71.2. The molecule has 5 rings (SSSR count). The summed E-state index contributed by atoms with van der Waals surface area (Å²) in [6, 6.07) is 14.6. The number of carbonyl (C=O) groups excluding carboxylic acids is 2. The first-order valence-electron chi connectivity index (χ1n) is 11.3. The van der Waals surface area contributed by atoms with E-state index in [1.165, 1.54) is 35.4 Å². The summed E-state index contributed by atoms with van der Waals surface area (Å²) in [7, 11) is -4.08. The van der Waals surface area contributed by atoms with Crippen LogP contribution in [0.3, 0.4) is 0 Å². The number of halogens is 3. The molecule has 10 nitrogen and oxygen atoms in total. The van der Waals surface area contributed by atoms with Gasteiger partial charge in [-0.25, -0.2) is 14.7 Å². The zero-order valence-corrected chi connectivity index (χ0v) is 20.5. The summed E-state index contributed by atoms with van der Waals surface area (Å²) in [5.74, 6) is -1.35. The third kappa shape index (κ3) is 4.69. The summed E-state index contributed by atoms with van der Waals surface area (Å²) in [5, 5.41) is 0. The number of alkyl halides is 3. The van der Waals surface area contributed by atoms with Crippen LogP contribution in [-0.4, -0.2) is 37.2 Å². The van der Waals surface area contributed by atoms with E-state index in [2.05, 4.69) is 19.2 Å². The summed E-state index contributed by atoms with van der Waals surface area (Å²) in [5.41, 5.74) is -0.598. The molecule has 2 aliphatic rings. The van der Waals surface area contributed by atoms with Crippen LogP contribution in [0.2, 0.25) is 0 Å². The Balaban J connectivity index is 1.42. The Hall–Kier alpha value is -4.33. The van der Waals surface area contributed by atoms with Gasteiger partial charge in [0.25, 0.3) is 5.91 Å². The van der Waals surface area contributed by atoms with Crippen LogP contribution >= 0.6 is 0 Å². The van der Waals surface area contributed by atoms with Gasteiger partial charge >= 0.3 is 22.6 Å². The van der Waals surface area contributed by atoms with Gasteiger partial charge in [0.05, 0.1) is 17.1 Å². The van der Waals surface area contributed by atoms with E-state index in [-0.39, 0.29) is 23.1 Å². The molecule has 2 unspecified atom stereocenters. The number of imide groups is 1. The molecule has 0 radical (unpaired) electrons. The third-order valence-corrected chi connectivity index (χ3v) is 7.20. The number of pyridine rings is 1. The molecule has 2 N–H and O–H groups in total. The second-order valence-corrected chi connectivity index (χ2v) is 10.2. The average Bonchev–Trinajstić information content (AvgIpc) is 3.44. The highest BCUT2D eigenvalue weighted by Gasteiger charge is 2.70. The van der Waals surface area contributed by atoms with Crippen molar-refractivity contribution in [3.8, 4) is 5.75 Å². The quantitative estimate of drug-likeness (QED) is 0.420. The largest absolute Gasteiger partial charge is 0.573 e.